The lowest BCUT2D eigenvalue weighted by molar-refractivity contribution is -0.121. The molecule has 0 aliphatic carbocycles. The van der Waals surface area contributed by atoms with Gasteiger partial charge < -0.3 is 5.32 Å². The van der Waals surface area contributed by atoms with E-state index in [4.69, 9.17) is 0 Å². The fourth-order valence-corrected chi connectivity index (χ4v) is 2.33. The van der Waals surface area contributed by atoms with Gasteiger partial charge in [-0.25, -0.2) is 5.43 Å². The number of carbonyl (C=O) groups excluding carboxylic acids is 1. The van der Waals surface area contributed by atoms with Gasteiger partial charge in [0.25, 0.3) is 0 Å². The second-order valence-electron chi connectivity index (χ2n) is 4.70. The summed E-state index contributed by atoms with van der Waals surface area (Å²) in [6, 6.07) is 12.1. The highest BCUT2D eigenvalue weighted by Gasteiger charge is 1.99. The van der Waals surface area contributed by atoms with Crippen LogP contribution in [0, 0.1) is 6.92 Å². The first-order valence-corrected chi connectivity index (χ1v) is 7.78. The number of thiophene rings is 1. The second kappa shape index (κ2) is 8.21. The third-order valence-corrected chi connectivity index (χ3v) is 3.69. The van der Waals surface area contributed by atoms with Gasteiger partial charge in [-0.15, -0.1) is 11.3 Å². The molecule has 0 radical (unpaired) electrons. The first-order valence-electron chi connectivity index (χ1n) is 6.90. The fourth-order valence-electron chi connectivity index (χ4n) is 1.74. The van der Waals surface area contributed by atoms with E-state index in [-0.39, 0.29) is 5.91 Å². The lowest BCUT2D eigenvalue weighted by Crippen LogP contribution is -2.18. The van der Waals surface area contributed by atoms with Gasteiger partial charge in [-0.3, -0.25) is 4.79 Å². The van der Waals surface area contributed by atoms with Gasteiger partial charge in [0.15, 0.2) is 0 Å². The molecule has 110 valence electrons. The summed E-state index contributed by atoms with van der Waals surface area (Å²) in [6.45, 7) is 2.83. The van der Waals surface area contributed by atoms with Gasteiger partial charge in [0.2, 0.25) is 5.91 Å². The first-order chi connectivity index (χ1) is 10.2. The molecule has 1 amide bonds. The van der Waals surface area contributed by atoms with Crippen molar-refractivity contribution in [3.63, 3.8) is 0 Å². The van der Waals surface area contributed by atoms with Crippen LogP contribution in [0.4, 0.5) is 5.69 Å². The monoisotopic (exact) mass is 301 g/mol. The molecule has 2 N–H and O–H groups in total. The Balaban J connectivity index is 1.60. The Morgan fingerprint density at radius 3 is 2.81 bits per heavy atom. The molecule has 1 aromatic heterocycles. The maximum Gasteiger partial charge on any atom is 0.240 e. The summed E-state index contributed by atoms with van der Waals surface area (Å²) in [7, 11) is 0. The number of hydrogen-bond donors (Lipinski definition) is 2. The van der Waals surface area contributed by atoms with Crippen molar-refractivity contribution in [2.24, 2.45) is 5.10 Å². The van der Waals surface area contributed by atoms with Crippen molar-refractivity contribution in [2.45, 2.75) is 19.8 Å². The summed E-state index contributed by atoms with van der Waals surface area (Å²) in [5.41, 5.74) is 4.86. The normalized spacial score (nSPS) is 10.7. The number of rotatable bonds is 7. The van der Waals surface area contributed by atoms with Crippen LogP contribution in [0.1, 0.15) is 23.3 Å². The number of amides is 1. The van der Waals surface area contributed by atoms with Crippen LogP contribution in [0.5, 0.6) is 0 Å². The molecule has 1 heterocycles. The van der Waals surface area contributed by atoms with Crippen molar-refractivity contribution in [1.29, 1.82) is 0 Å². The molecule has 21 heavy (non-hydrogen) atoms. The molecule has 4 nitrogen and oxygen atoms in total. The summed E-state index contributed by atoms with van der Waals surface area (Å²) in [5, 5.41) is 9.19. The van der Waals surface area contributed by atoms with E-state index in [0.29, 0.717) is 6.42 Å². The number of hydrazone groups is 1. The quantitative estimate of drug-likeness (QED) is 0.468. The lowest BCUT2D eigenvalue weighted by atomic mass is 10.2. The third kappa shape index (κ3) is 5.79. The van der Waals surface area contributed by atoms with Crippen LogP contribution in [0.15, 0.2) is 46.9 Å². The van der Waals surface area contributed by atoms with Gasteiger partial charge >= 0.3 is 0 Å². The molecule has 0 bridgehead atoms. The summed E-state index contributed by atoms with van der Waals surface area (Å²) in [4.78, 5) is 12.6. The topological polar surface area (TPSA) is 53.5 Å². The van der Waals surface area contributed by atoms with E-state index >= 15 is 0 Å². The van der Waals surface area contributed by atoms with Crippen molar-refractivity contribution in [2.75, 3.05) is 11.9 Å². The zero-order valence-corrected chi connectivity index (χ0v) is 12.8. The van der Waals surface area contributed by atoms with E-state index in [1.54, 1.807) is 17.6 Å². The maximum absolute atomic E-state index is 11.6. The minimum absolute atomic E-state index is 0.0616. The zero-order valence-electron chi connectivity index (χ0n) is 12.0. The van der Waals surface area contributed by atoms with Gasteiger partial charge in [-0.05, 0) is 36.9 Å². The van der Waals surface area contributed by atoms with Crippen molar-refractivity contribution < 1.29 is 4.79 Å². The minimum atomic E-state index is -0.0616. The highest BCUT2D eigenvalue weighted by Crippen LogP contribution is 2.08. The van der Waals surface area contributed by atoms with Crippen LogP contribution < -0.4 is 10.7 Å². The zero-order chi connectivity index (χ0) is 14.9. The van der Waals surface area contributed by atoms with Gasteiger partial charge in [0.1, 0.15) is 0 Å². The van der Waals surface area contributed by atoms with E-state index in [2.05, 4.69) is 34.9 Å². The van der Waals surface area contributed by atoms with E-state index in [1.807, 2.05) is 29.6 Å². The number of nitrogens with one attached hydrogen (secondary N) is 2. The highest BCUT2D eigenvalue weighted by molar-refractivity contribution is 7.11. The summed E-state index contributed by atoms with van der Waals surface area (Å²) in [6.07, 6.45) is 2.89. The Bertz CT molecular complexity index is 576. The molecule has 0 aliphatic heterocycles. The highest BCUT2D eigenvalue weighted by atomic mass is 32.1. The molecule has 5 heteroatoms. The number of aryl methyl sites for hydroxylation is 1. The Morgan fingerprint density at radius 2 is 2.10 bits per heavy atom. The molecule has 0 atom stereocenters. The molecule has 0 spiro atoms. The second-order valence-corrected chi connectivity index (χ2v) is 5.68. The van der Waals surface area contributed by atoms with Crippen LogP contribution in [-0.4, -0.2) is 18.7 Å². The van der Waals surface area contributed by atoms with Crippen molar-refractivity contribution >= 4 is 29.1 Å². The number of carbonyl (C=O) groups is 1. The Labute approximate surface area is 128 Å². The number of hydrogen-bond acceptors (Lipinski definition) is 4. The van der Waals surface area contributed by atoms with E-state index < -0.39 is 0 Å². The van der Waals surface area contributed by atoms with E-state index in [1.165, 1.54) is 5.56 Å². The minimum Gasteiger partial charge on any atom is -0.385 e. The van der Waals surface area contributed by atoms with Crippen molar-refractivity contribution in [3.05, 3.63) is 52.2 Å². The number of anilines is 1. The smallest absolute Gasteiger partial charge is 0.240 e. The van der Waals surface area contributed by atoms with Crippen LogP contribution >= 0.6 is 11.3 Å². The van der Waals surface area contributed by atoms with Crippen LogP contribution in [0.3, 0.4) is 0 Å². The van der Waals surface area contributed by atoms with Crippen molar-refractivity contribution in [1.82, 2.24) is 5.43 Å². The maximum atomic E-state index is 11.6. The predicted molar refractivity (Wildman–Crippen MR) is 89.0 cm³/mol. The summed E-state index contributed by atoms with van der Waals surface area (Å²) in [5.74, 6) is -0.0616. The van der Waals surface area contributed by atoms with Gasteiger partial charge in [0.05, 0.1) is 6.21 Å². The average Bonchev–Trinajstić information content (AvgIpc) is 2.99. The molecule has 0 fully saturated rings. The Hall–Kier alpha value is -2.14. The molecular formula is C16H19N3OS. The van der Waals surface area contributed by atoms with Crippen molar-refractivity contribution in [3.8, 4) is 0 Å². The van der Waals surface area contributed by atoms with Crippen LogP contribution in [0.2, 0.25) is 0 Å². The SMILES string of the molecule is Cc1ccc(NCCCC(=O)N/N=C\c2cccs2)cc1. The Morgan fingerprint density at radius 1 is 1.29 bits per heavy atom. The molecule has 0 saturated carbocycles. The number of benzene rings is 1. The predicted octanol–water partition coefficient (Wildman–Crippen LogP) is 3.40. The molecule has 2 aromatic rings. The average molecular weight is 301 g/mol. The lowest BCUT2D eigenvalue weighted by Gasteiger charge is -2.06. The van der Waals surface area contributed by atoms with Gasteiger partial charge in [0, 0.05) is 23.5 Å². The van der Waals surface area contributed by atoms with Gasteiger partial charge in [-0.2, -0.15) is 5.10 Å². The summed E-state index contributed by atoms with van der Waals surface area (Å²) >= 11 is 1.58. The largest absolute Gasteiger partial charge is 0.385 e. The van der Waals surface area contributed by atoms with Gasteiger partial charge in [-0.1, -0.05) is 23.8 Å². The van der Waals surface area contributed by atoms with E-state index in [9.17, 15) is 4.79 Å². The summed E-state index contributed by atoms with van der Waals surface area (Å²) < 4.78 is 0. The molecule has 0 saturated heterocycles. The molecule has 0 aliphatic rings. The first kappa shape index (κ1) is 15.3. The molecule has 1 aromatic carbocycles. The number of nitrogens with zero attached hydrogens (tertiary/aromatic N) is 1. The molecule has 2 rings (SSSR count). The van der Waals surface area contributed by atoms with Crippen LogP contribution in [-0.2, 0) is 4.79 Å². The van der Waals surface area contributed by atoms with E-state index in [0.717, 1.165) is 23.5 Å². The molecular weight excluding hydrogens is 282 g/mol. The third-order valence-electron chi connectivity index (χ3n) is 2.89. The standard InChI is InChI=1S/C16H19N3OS/c1-13-6-8-14(9-7-13)17-10-2-5-16(20)19-18-12-15-4-3-11-21-15/h3-4,6-9,11-12,17H,2,5,10H2,1H3,(H,19,20)/b18-12-. The molecule has 0 unspecified atom stereocenters. The Kier molecular flexibility index (Phi) is 5.97. The fraction of sp³-hybridized carbons (Fsp3) is 0.250. The van der Waals surface area contributed by atoms with Crippen LogP contribution in [0.25, 0.3) is 0 Å².